The van der Waals surface area contributed by atoms with E-state index < -0.39 is 47.3 Å². The molecule has 0 spiro atoms. The number of fused-ring (bicyclic) bond motifs is 2. The maximum atomic E-state index is 12.4. The van der Waals surface area contributed by atoms with Crippen LogP contribution in [-0.2, 0) is 71.3 Å². The molecular formula is C22H18N8Ni2O8-8. The molecule has 0 N–H and O–H groups in total. The summed E-state index contributed by atoms with van der Waals surface area (Å²) in [7, 11) is 0. The normalized spacial score (nSPS) is 17.8. The number of carbonyl (C=O) groups excluding carboxylic acids is 8. The van der Waals surface area contributed by atoms with E-state index >= 15 is 0 Å². The van der Waals surface area contributed by atoms with E-state index in [1.807, 2.05) is 0 Å². The van der Waals surface area contributed by atoms with Crippen LogP contribution in [0.5, 0.6) is 0 Å². The third-order valence-corrected chi connectivity index (χ3v) is 4.74. The average molecular weight is 640 g/mol. The Kier molecular flexibility index (Phi) is 13.7. The summed E-state index contributed by atoms with van der Waals surface area (Å²) < 4.78 is 0. The summed E-state index contributed by atoms with van der Waals surface area (Å²) in [6.45, 7) is -1.38. The van der Waals surface area contributed by atoms with E-state index in [9.17, 15) is 38.4 Å². The van der Waals surface area contributed by atoms with Crippen molar-refractivity contribution < 1.29 is 71.3 Å². The van der Waals surface area contributed by atoms with Gasteiger partial charge in [-0.3, -0.25) is 0 Å². The molecule has 16 nitrogen and oxygen atoms in total. The van der Waals surface area contributed by atoms with Gasteiger partial charge in [-0.15, -0.1) is 26.2 Å². The first-order valence-corrected chi connectivity index (χ1v) is 11.2. The Morgan fingerprint density at radius 2 is 0.575 bits per heavy atom. The van der Waals surface area contributed by atoms with Gasteiger partial charge in [-0.05, 0) is 25.7 Å². The topological polar surface area (TPSA) is 249 Å². The standard InChI is InChI=1S/C22H26N8O8.2Ni/c31-15-1-5-23-19(35)20(36)24-6-2-16(32)28-12-10-14-13(9-11(12)27-15)29-17(33)3-7-25-21(37)22(38)26-8-4-18(34)30-14;;/h9-10H,1-8H2,(H8,23,24,25,26,27,28,29,30,31,32,33,34,35,36,37,38);;/p-8. The van der Waals surface area contributed by atoms with Crippen molar-refractivity contribution in [3.05, 3.63) is 54.7 Å². The number of benzene rings is 1. The van der Waals surface area contributed by atoms with Gasteiger partial charge in [0.25, 0.3) is 0 Å². The number of hydrogen-bond donors (Lipinski definition) is 0. The van der Waals surface area contributed by atoms with E-state index in [1.54, 1.807) is 0 Å². The van der Waals surface area contributed by atoms with Crippen LogP contribution in [0.4, 0.5) is 22.7 Å². The molecule has 0 atom stereocenters. The number of nitrogens with zero attached hydrogens (tertiary/aromatic N) is 8. The van der Waals surface area contributed by atoms with Gasteiger partial charge in [0.1, 0.15) is 0 Å². The van der Waals surface area contributed by atoms with Gasteiger partial charge in [0, 0.05) is 33.0 Å². The first kappa shape index (κ1) is 34.0. The molecule has 0 saturated heterocycles. The van der Waals surface area contributed by atoms with Gasteiger partial charge in [-0.25, -0.2) is 0 Å². The van der Waals surface area contributed by atoms with Gasteiger partial charge in [-0.1, -0.05) is 12.1 Å². The SMILES string of the molecule is O=C1CC[N-]C(=O)C(=O)[N-]CCC(=O)[N-]c2cc3c(cc2[N-]1)[N-]C(=O)CC[N-]C(=O)C(=O)[N-]CCC(=O)[N-]3.[Ni].[Ni]. The molecule has 0 aromatic heterocycles. The van der Waals surface area contributed by atoms with Crippen molar-refractivity contribution in [2.75, 3.05) is 26.2 Å². The Morgan fingerprint density at radius 3 is 0.775 bits per heavy atom. The van der Waals surface area contributed by atoms with Gasteiger partial charge in [0.15, 0.2) is 0 Å². The summed E-state index contributed by atoms with van der Waals surface area (Å²) in [5.41, 5.74) is -0.725. The Morgan fingerprint density at radius 1 is 0.375 bits per heavy atom. The Bertz CT molecular complexity index is 1030. The molecule has 0 aliphatic carbocycles. The van der Waals surface area contributed by atoms with Crippen molar-refractivity contribution in [1.29, 1.82) is 0 Å². The monoisotopic (exact) mass is 638 g/mol. The molecule has 1 aromatic carbocycles. The molecule has 18 heteroatoms. The summed E-state index contributed by atoms with van der Waals surface area (Å²) >= 11 is 0. The molecule has 0 unspecified atom stereocenters. The van der Waals surface area contributed by atoms with Crippen molar-refractivity contribution in [3.8, 4) is 0 Å². The van der Waals surface area contributed by atoms with Crippen molar-refractivity contribution in [3.63, 3.8) is 0 Å². The quantitative estimate of drug-likeness (QED) is 0.300. The number of amides is 8. The zero-order valence-corrected chi connectivity index (χ0v) is 22.3. The molecule has 0 fully saturated rings. The molecule has 2 heterocycles. The van der Waals surface area contributed by atoms with Crippen LogP contribution >= 0.6 is 0 Å². The second kappa shape index (κ2) is 16.2. The van der Waals surface area contributed by atoms with Crippen LogP contribution in [0.25, 0.3) is 42.5 Å². The van der Waals surface area contributed by atoms with Gasteiger partial charge in [0.05, 0.1) is 47.3 Å². The third-order valence-electron chi connectivity index (χ3n) is 4.74. The van der Waals surface area contributed by atoms with E-state index in [4.69, 9.17) is 0 Å². The minimum absolute atomic E-state index is 0. The maximum absolute atomic E-state index is 12.4. The fourth-order valence-corrected chi connectivity index (χ4v) is 2.96. The minimum atomic E-state index is -1.17. The fourth-order valence-electron chi connectivity index (χ4n) is 2.96. The van der Waals surface area contributed by atoms with E-state index in [2.05, 4.69) is 42.5 Å². The largest absolute Gasteiger partial charge is 0.648 e. The second-order valence-electron chi connectivity index (χ2n) is 7.60. The van der Waals surface area contributed by atoms with Crippen LogP contribution in [0.2, 0.25) is 0 Å². The van der Waals surface area contributed by atoms with Gasteiger partial charge in [0.2, 0.25) is 0 Å². The minimum Gasteiger partial charge on any atom is -0.648 e. The first-order valence-electron chi connectivity index (χ1n) is 11.2. The van der Waals surface area contributed by atoms with Crippen LogP contribution < -0.4 is 0 Å². The number of rotatable bonds is 0. The van der Waals surface area contributed by atoms with Gasteiger partial charge >= 0.3 is 0 Å². The van der Waals surface area contributed by atoms with E-state index in [1.165, 1.54) is 0 Å². The molecule has 3 rings (SSSR count). The van der Waals surface area contributed by atoms with Crippen molar-refractivity contribution >= 4 is 70.0 Å². The Balaban J connectivity index is 0.00000400. The first-order chi connectivity index (χ1) is 18.1. The molecule has 1 aromatic rings. The maximum Gasteiger partial charge on any atom is 0.0998 e. The molecule has 0 radical (unpaired) electrons. The summed E-state index contributed by atoms with van der Waals surface area (Å²) in [5, 5.41) is 29.2. The predicted molar refractivity (Wildman–Crippen MR) is 130 cm³/mol. The van der Waals surface area contributed by atoms with Crippen LogP contribution in [0.15, 0.2) is 12.1 Å². The summed E-state index contributed by atoms with van der Waals surface area (Å²) in [4.78, 5) is 96.0. The van der Waals surface area contributed by atoms with E-state index in [-0.39, 0.29) is 108 Å². The third kappa shape index (κ3) is 10.3. The predicted octanol–water partition coefficient (Wildman–Crippen LogP) is 3.00. The number of carbonyl (C=O) groups is 8. The van der Waals surface area contributed by atoms with Gasteiger partial charge in [-0.2, -0.15) is 22.7 Å². The molecule has 0 saturated carbocycles. The smallest absolute Gasteiger partial charge is 0.0998 e. The number of hydrogen-bond acceptors (Lipinski definition) is 8. The molecule has 2 aliphatic heterocycles. The summed E-state index contributed by atoms with van der Waals surface area (Å²) in [6.07, 6.45) is -1.50. The van der Waals surface area contributed by atoms with Crippen molar-refractivity contribution in [2.24, 2.45) is 0 Å². The summed E-state index contributed by atoms with van der Waals surface area (Å²) in [6, 6.07) is 2.25. The van der Waals surface area contributed by atoms with Crippen LogP contribution in [0.3, 0.4) is 0 Å². The van der Waals surface area contributed by atoms with Crippen molar-refractivity contribution in [1.82, 2.24) is 0 Å². The molecule has 2 aliphatic rings. The average Bonchev–Trinajstić information content (AvgIpc) is 2.85. The van der Waals surface area contributed by atoms with Gasteiger partial charge < -0.3 is 80.9 Å². The zero-order chi connectivity index (χ0) is 27.7. The summed E-state index contributed by atoms with van der Waals surface area (Å²) in [5.74, 6) is -7.85. The Labute approximate surface area is 247 Å². The van der Waals surface area contributed by atoms with E-state index in [0.717, 1.165) is 12.1 Å². The Hall–Kier alpha value is -4.03. The molecule has 222 valence electrons. The van der Waals surface area contributed by atoms with E-state index in [0.29, 0.717) is 0 Å². The van der Waals surface area contributed by atoms with Crippen molar-refractivity contribution in [2.45, 2.75) is 25.7 Å². The zero-order valence-electron chi connectivity index (χ0n) is 20.3. The molecular weight excluding hydrogens is 622 g/mol. The molecule has 8 amide bonds. The fraction of sp³-hybridized carbons (Fsp3) is 0.364. The molecule has 40 heavy (non-hydrogen) atoms. The second-order valence-corrected chi connectivity index (χ2v) is 7.60. The van der Waals surface area contributed by atoms with Crippen LogP contribution in [-0.4, -0.2) is 73.4 Å². The van der Waals surface area contributed by atoms with Crippen LogP contribution in [0.1, 0.15) is 25.7 Å². The van der Waals surface area contributed by atoms with Crippen LogP contribution in [0, 0.1) is 0 Å². The molecule has 0 bridgehead atoms.